The largest absolute Gasteiger partial charge is 0.463 e. The van der Waals surface area contributed by atoms with E-state index >= 15 is 0 Å². The Hall–Kier alpha value is -2.05. The molecule has 2 aromatic rings. The third-order valence-corrected chi connectivity index (χ3v) is 7.58. The lowest BCUT2D eigenvalue weighted by Gasteiger charge is -2.18. The van der Waals surface area contributed by atoms with Crippen molar-refractivity contribution in [2.45, 2.75) is 35.2 Å². The van der Waals surface area contributed by atoms with Crippen molar-refractivity contribution in [3.05, 3.63) is 62.6 Å². The number of hydrogen-bond acceptors (Lipinski definition) is 3. The molecule has 2 aromatic carbocycles. The van der Waals surface area contributed by atoms with Crippen LogP contribution in [0.25, 0.3) is 0 Å². The second-order valence-electron chi connectivity index (χ2n) is 8.81. The zero-order valence-corrected chi connectivity index (χ0v) is 23.7. The van der Waals surface area contributed by atoms with Crippen LogP contribution in [-0.4, -0.2) is 47.2 Å². The van der Waals surface area contributed by atoms with E-state index in [9.17, 15) is 36.3 Å². The molecule has 218 valence electrons. The van der Waals surface area contributed by atoms with Gasteiger partial charge in [0.1, 0.15) is 4.33 Å². The van der Waals surface area contributed by atoms with Crippen molar-refractivity contribution < 1.29 is 36.3 Å². The standard InChI is InChI=1S/C24H19Cl5F5N3O3/c25-12-7-11(8-13(26)9-12)17-18(22(17,28)29)20(39)37-14-3-4-16(27)15(10-14)19(38)35-5-1-2-6-36-21(40)23(30,31)24(32,33)34/h3-4,7-10,17-18H,1-2,5-6H2,(H,35,38)(H,36,40)(H,37,39)/t17-,18+/m0/s1. The molecule has 0 saturated heterocycles. The van der Waals surface area contributed by atoms with Gasteiger partial charge in [-0.25, -0.2) is 0 Å². The van der Waals surface area contributed by atoms with Crippen molar-refractivity contribution in [3.8, 4) is 0 Å². The van der Waals surface area contributed by atoms with E-state index in [1.54, 1.807) is 12.1 Å². The van der Waals surface area contributed by atoms with Crippen molar-refractivity contribution in [1.82, 2.24) is 10.6 Å². The first kappa shape index (κ1) is 32.5. The summed E-state index contributed by atoms with van der Waals surface area (Å²) in [7, 11) is 0. The summed E-state index contributed by atoms with van der Waals surface area (Å²) in [4.78, 5) is 36.6. The van der Waals surface area contributed by atoms with Gasteiger partial charge < -0.3 is 16.0 Å². The Morgan fingerprint density at radius 1 is 0.850 bits per heavy atom. The van der Waals surface area contributed by atoms with E-state index in [4.69, 9.17) is 58.0 Å². The zero-order valence-electron chi connectivity index (χ0n) is 20.0. The van der Waals surface area contributed by atoms with Crippen molar-refractivity contribution in [2.75, 3.05) is 18.4 Å². The predicted molar refractivity (Wildman–Crippen MR) is 143 cm³/mol. The summed E-state index contributed by atoms with van der Waals surface area (Å²) in [5.41, 5.74) is 0.786. The number of hydrogen-bond donors (Lipinski definition) is 3. The normalized spacial score (nSPS) is 18.1. The van der Waals surface area contributed by atoms with Gasteiger partial charge in [0.25, 0.3) is 11.8 Å². The van der Waals surface area contributed by atoms with Crippen LogP contribution >= 0.6 is 58.0 Å². The molecule has 0 unspecified atom stereocenters. The number of amides is 3. The highest BCUT2D eigenvalue weighted by atomic mass is 35.5. The van der Waals surface area contributed by atoms with Crippen LogP contribution in [0.5, 0.6) is 0 Å². The number of carbonyl (C=O) groups is 3. The highest BCUT2D eigenvalue weighted by molar-refractivity contribution is 6.53. The molecular formula is C24H19Cl5F5N3O3. The lowest BCUT2D eigenvalue weighted by atomic mass is 10.1. The molecule has 40 heavy (non-hydrogen) atoms. The Labute approximate surface area is 249 Å². The topological polar surface area (TPSA) is 87.3 Å². The molecule has 0 bridgehead atoms. The van der Waals surface area contributed by atoms with Gasteiger partial charge in [-0.2, -0.15) is 22.0 Å². The molecule has 3 rings (SSSR count). The van der Waals surface area contributed by atoms with Crippen molar-refractivity contribution in [1.29, 1.82) is 0 Å². The number of benzene rings is 2. The zero-order chi connectivity index (χ0) is 30.0. The van der Waals surface area contributed by atoms with E-state index in [1.807, 2.05) is 0 Å². The smallest absolute Gasteiger partial charge is 0.352 e. The summed E-state index contributed by atoms with van der Waals surface area (Å²) >= 11 is 30.9. The Balaban J connectivity index is 1.52. The van der Waals surface area contributed by atoms with Gasteiger partial charge in [0.2, 0.25) is 5.91 Å². The van der Waals surface area contributed by atoms with Crippen LogP contribution in [0.3, 0.4) is 0 Å². The summed E-state index contributed by atoms with van der Waals surface area (Å²) in [6.07, 6.45) is -5.86. The van der Waals surface area contributed by atoms with Crippen LogP contribution in [0.4, 0.5) is 27.6 Å². The first-order chi connectivity index (χ1) is 18.5. The minimum absolute atomic E-state index is 0.00276. The first-order valence-electron chi connectivity index (χ1n) is 11.4. The van der Waals surface area contributed by atoms with Crippen molar-refractivity contribution >= 4 is 81.4 Å². The average Bonchev–Trinajstić information content (AvgIpc) is 3.42. The number of alkyl halides is 7. The van der Waals surface area contributed by atoms with Gasteiger partial charge in [-0.1, -0.05) is 34.8 Å². The molecular weight excluding hydrogens is 651 g/mol. The molecule has 3 amide bonds. The van der Waals surface area contributed by atoms with Crippen molar-refractivity contribution in [3.63, 3.8) is 0 Å². The van der Waals surface area contributed by atoms with Crippen LogP contribution < -0.4 is 16.0 Å². The number of unbranched alkanes of at least 4 members (excludes halogenated alkanes) is 1. The molecule has 1 fully saturated rings. The Morgan fingerprint density at radius 2 is 1.43 bits per heavy atom. The molecule has 0 aliphatic heterocycles. The summed E-state index contributed by atoms with van der Waals surface area (Å²) < 4.78 is 60.9. The minimum atomic E-state index is -6.00. The van der Waals surface area contributed by atoms with Crippen LogP contribution in [-0.2, 0) is 9.59 Å². The SMILES string of the molecule is O=C(NCCCCNC(=O)C(F)(F)C(F)(F)F)c1cc(NC(=O)[C@H]2[C@H](c3cc(Cl)cc(Cl)c3)C2(Cl)Cl)ccc1Cl. The predicted octanol–water partition coefficient (Wildman–Crippen LogP) is 7.00. The third kappa shape index (κ3) is 7.42. The van der Waals surface area contributed by atoms with Gasteiger partial charge >= 0.3 is 12.1 Å². The van der Waals surface area contributed by atoms with E-state index in [0.29, 0.717) is 15.6 Å². The molecule has 0 radical (unpaired) electrons. The van der Waals surface area contributed by atoms with Gasteiger partial charge in [-0.3, -0.25) is 14.4 Å². The maximum absolute atomic E-state index is 12.9. The molecule has 1 saturated carbocycles. The van der Waals surface area contributed by atoms with Crippen LogP contribution in [0.1, 0.15) is 34.7 Å². The highest BCUT2D eigenvalue weighted by Gasteiger charge is 2.67. The number of carbonyl (C=O) groups excluding carboxylic acids is 3. The molecule has 3 N–H and O–H groups in total. The monoisotopic (exact) mass is 667 g/mol. The molecule has 0 aromatic heterocycles. The second kappa shape index (κ2) is 12.4. The summed E-state index contributed by atoms with van der Waals surface area (Å²) in [5.74, 6) is -10.6. The maximum atomic E-state index is 12.9. The van der Waals surface area contributed by atoms with Crippen LogP contribution in [0.2, 0.25) is 15.1 Å². The van der Waals surface area contributed by atoms with Gasteiger partial charge in [0.05, 0.1) is 16.5 Å². The van der Waals surface area contributed by atoms with Crippen LogP contribution in [0, 0.1) is 5.92 Å². The fraction of sp³-hybridized carbons (Fsp3) is 0.375. The molecule has 0 spiro atoms. The number of nitrogens with one attached hydrogen (secondary N) is 3. The quantitative estimate of drug-likeness (QED) is 0.145. The van der Waals surface area contributed by atoms with Gasteiger partial charge in [0, 0.05) is 34.7 Å². The molecule has 1 aliphatic carbocycles. The van der Waals surface area contributed by atoms with E-state index in [1.165, 1.54) is 29.6 Å². The summed E-state index contributed by atoms with van der Waals surface area (Å²) in [5, 5.41) is 7.40. The molecule has 6 nitrogen and oxygen atoms in total. The van der Waals surface area contributed by atoms with Crippen molar-refractivity contribution in [2.24, 2.45) is 5.92 Å². The maximum Gasteiger partial charge on any atom is 0.463 e. The lowest BCUT2D eigenvalue weighted by molar-refractivity contribution is -0.269. The fourth-order valence-electron chi connectivity index (χ4n) is 3.81. The van der Waals surface area contributed by atoms with Crippen LogP contribution in [0.15, 0.2) is 36.4 Å². The average molecular weight is 670 g/mol. The Bertz CT molecular complexity index is 1290. The number of rotatable bonds is 10. The molecule has 2 atom stereocenters. The summed E-state index contributed by atoms with van der Waals surface area (Å²) in [6, 6.07) is 8.86. The second-order valence-corrected chi connectivity index (χ2v) is 11.5. The number of anilines is 1. The first-order valence-corrected chi connectivity index (χ1v) is 13.3. The molecule has 0 heterocycles. The fourth-order valence-corrected chi connectivity index (χ4v) is 5.38. The Morgan fingerprint density at radius 3 is 2.00 bits per heavy atom. The minimum Gasteiger partial charge on any atom is -0.352 e. The van der Waals surface area contributed by atoms with E-state index in [2.05, 4.69) is 10.6 Å². The van der Waals surface area contributed by atoms with E-state index in [0.717, 1.165) is 0 Å². The van der Waals surface area contributed by atoms with E-state index < -0.39 is 52.5 Å². The van der Waals surface area contributed by atoms with Gasteiger partial charge in [0.15, 0.2) is 0 Å². The molecule has 1 aliphatic rings. The highest BCUT2D eigenvalue weighted by Crippen LogP contribution is 2.65. The summed E-state index contributed by atoms with van der Waals surface area (Å²) in [6.45, 7) is -0.473. The van der Waals surface area contributed by atoms with Gasteiger partial charge in [-0.05, 0) is 54.8 Å². The molecule has 16 heteroatoms. The third-order valence-electron chi connectivity index (χ3n) is 5.87. The lowest BCUT2D eigenvalue weighted by Crippen LogP contribution is -2.50. The van der Waals surface area contributed by atoms with E-state index in [-0.39, 0.29) is 35.7 Å². The number of halogens is 10. The van der Waals surface area contributed by atoms with Gasteiger partial charge in [-0.15, -0.1) is 23.2 Å². The Kier molecular flexibility index (Phi) is 10.1.